The summed E-state index contributed by atoms with van der Waals surface area (Å²) in [6, 6.07) is 40.5. The van der Waals surface area contributed by atoms with E-state index in [1.54, 1.807) is 0 Å². The Labute approximate surface area is 264 Å². The van der Waals surface area contributed by atoms with Gasteiger partial charge < -0.3 is 4.57 Å². The van der Waals surface area contributed by atoms with Gasteiger partial charge in [-0.15, -0.1) is 11.3 Å². The van der Waals surface area contributed by atoms with E-state index in [2.05, 4.69) is 101 Å². The fraction of sp³-hybridized carbons (Fsp3) is 0.0732. The van der Waals surface area contributed by atoms with E-state index in [4.69, 9.17) is 13.1 Å². The van der Waals surface area contributed by atoms with Crippen molar-refractivity contribution >= 4 is 64.7 Å². The summed E-state index contributed by atoms with van der Waals surface area (Å²) >= 11 is 1.83. The predicted octanol–water partition coefficient (Wildman–Crippen LogP) is 12.2. The average Bonchev–Trinajstić information content (AvgIpc) is 3.68. The highest BCUT2D eigenvalue weighted by atomic mass is 32.1. The van der Waals surface area contributed by atoms with Crippen LogP contribution in [0.3, 0.4) is 0 Å². The highest BCUT2D eigenvalue weighted by Gasteiger charge is 2.35. The van der Waals surface area contributed by atoms with Crippen molar-refractivity contribution in [2.24, 2.45) is 0 Å². The van der Waals surface area contributed by atoms with Gasteiger partial charge in [0.05, 0.1) is 24.2 Å². The van der Waals surface area contributed by atoms with Gasteiger partial charge in [0.15, 0.2) is 11.4 Å². The molecule has 2 heterocycles. The minimum Gasteiger partial charge on any atom is -0.310 e. The first-order valence-electron chi connectivity index (χ1n) is 15.0. The van der Waals surface area contributed by atoms with Crippen molar-refractivity contribution in [3.63, 3.8) is 0 Å². The monoisotopic (exact) mass is 591 g/mol. The molecule has 0 N–H and O–H groups in total. The molecule has 0 saturated heterocycles. The van der Waals surface area contributed by atoms with Crippen molar-refractivity contribution in [2.75, 3.05) is 0 Å². The van der Waals surface area contributed by atoms with Gasteiger partial charge in [-0.2, -0.15) is 0 Å². The highest BCUT2D eigenvalue weighted by molar-refractivity contribution is 7.25. The van der Waals surface area contributed by atoms with Crippen molar-refractivity contribution in [2.45, 2.75) is 19.3 Å². The molecule has 2 aromatic heterocycles. The van der Waals surface area contributed by atoms with E-state index in [-0.39, 0.29) is 5.41 Å². The van der Waals surface area contributed by atoms with Crippen LogP contribution in [0.5, 0.6) is 0 Å². The van der Waals surface area contributed by atoms with Crippen molar-refractivity contribution in [1.82, 2.24) is 4.57 Å². The molecule has 0 aliphatic heterocycles. The Bertz CT molecular complexity index is 2650. The second-order valence-electron chi connectivity index (χ2n) is 12.3. The lowest BCUT2D eigenvalue weighted by Gasteiger charge is -2.21. The van der Waals surface area contributed by atoms with Crippen LogP contribution in [0.25, 0.3) is 79.6 Å². The van der Waals surface area contributed by atoms with Gasteiger partial charge in [0.25, 0.3) is 0 Å². The molecule has 0 spiro atoms. The minimum atomic E-state index is -0.0389. The van der Waals surface area contributed by atoms with E-state index in [9.17, 15) is 0 Å². The second-order valence-corrected chi connectivity index (χ2v) is 13.4. The molecule has 0 amide bonds. The fourth-order valence-electron chi connectivity index (χ4n) is 7.52. The van der Waals surface area contributed by atoms with E-state index in [0.717, 1.165) is 38.6 Å². The number of fused-ring (bicyclic) bond motifs is 9. The van der Waals surface area contributed by atoms with Gasteiger partial charge in [0.2, 0.25) is 0 Å². The van der Waals surface area contributed by atoms with E-state index in [1.165, 1.54) is 42.4 Å². The summed E-state index contributed by atoms with van der Waals surface area (Å²) in [5.74, 6) is 0. The van der Waals surface area contributed by atoms with E-state index >= 15 is 0 Å². The van der Waals surface area contributed by atoms with Crippen LogP contribution in [-0.2, 0) is 5.41 Å². The van der Waals surface area contributed by atoms with Crippen LogP contribution in [0.2, 0.25) is 0 Å². The van der Waals surface area contributed by atoms with Gasteiger partial charge in [0.1, 0.15) is 0 Å². The van der Waals surface area contributed by atoms with Crippen LogP contribution in [0.4, 0.5) is 11.4 Å². The zero-order valence-electron chi connectivity index (χ0n) is 24.7. The van der Waals surface area contributed by atoms with Crippen LogP contribution in [0, 0.1) is 13.1 Å². The Kier molecular flexibility index (Phi) is 5.25. The first-order valence-corrected chi connectivity index (χ1v) is 15.8. The second kappa shape index (κ2) is 9.16. The molecule has 0 radical (unpaired) electrons. The van der Waals surface area contributed by atoms with Gasteiger partial charge in [-0.25, -0.2) is 9.69 Å². The molecule has 0 bridgehead atoms. The largest absolute Gasteiger partial charge is 0.310 e. The summed E-state index contributed by atoms with van der Waals surface area (Å²) in [5, 5.41) is 4.66. The number of hydrogen-bond donors (Lipinski definition) is 0. The number of thiophene rings is 1. The van der Waals surface area contributed by atoms with Crippen LogP contribution in [0.1, 0.15) is 25.0 Å². The zero-order valence-corrected chi connectivity index (χ0v) is 25.5. The average molecular weight is 592 g/mol. The Morgan fingerprint density at radius 2 is 1.40 bits per heavy atom. The van der Waals surface area contributed by atoms with Gasteiger partial charge in [-0.3, -0.25) is 0 Å². The molecule has 210 valence electrons. The van der Waals surface area contributed by atoms with Gasteiger partial charge in [-0.1, -0.05) is 86.6 Å². The summed E-state index contributed by atoms with van der Waals surface area (Å²) < 4.78 is 4.76. The molecule has 0 atom stereocenters. The molecule has 6 aromatic carbocycles. The Hall–Kier alpha value is -5.68. The highest BCUT2D eigenvalue weighted by Crippen LogP contribution is 2.52. The van der Waals surface area contributed by atoms with Crippen LogP contribution >= 0.6 is 11.3 Å². The van der Waals surface area contributed by atoms with E-state index < -0.39 is 0 Å². The quantitative estimate of drug-likeness (QED) is 0.178. The number of benzene rings is 6. The SMILES string of the molecule is [C-]#[N+]c1ccc2c(c1)c1ccccc1n2-c1cccc([N+]#[C-])c1-c1ccc2c(c1)sc1cc3c(cc12)-c1ccccc1C3(C)C. The summed E-state index contributed by atoms with van der Waals surface area (Å²) in [7, 11) is 0. The lowest BCUT2D eigenvalue weighted by Crippen LogP contribution is -2.14. The van der Waals surface area contributed by atoms with Gasteiger partial charge in [-0.05, 0) is 75.7 Å². The van der Waals surface area contributed by atoms with E-state index in [1.807, 2.05) is 53.8 Å². The first-order chi connectivity index (χ1) is 22.0. The molecule has 0 saturated carbocycles. The maximum Gasteiger partial charge on any atom is 0.196 e. The van der Waals surface area contributed by atoms with Gasteiger partial charge in [0, 0.05) is 42.2 Å². The number of hydrogen-bond acceptors (Lipinski definition) is 1. The smallest absolute Gasteiger partial charge is 0.196 e. The number of rotatable bonds is 2. The number of nitrogens with zero attached hydrogens (tertiary/aromatic N) is 3. The summed E-state index contributed by atoms with van der Waals surface area (Å²) in [4.78, 5) is 7.70. The maximum absolute atomic E-state index is 8.14. The lowest BCUT2D eigenvalue weighted by atomic mass is 9.82. The standard InChI is InChI=1S/C41H25N3S/c1-41(2)32-12-7-5-10-26(32)29-22-31-28-18-16-24(20-38(28)45-39(31)23-33(29)41)40-34(43-4)13-9-15-37(40)44-35-14-8-6-11-27(35)30-21-25(42-3)17-19-36(30)44/h5-23H,1-2H3. The predicted molar refractivity (Wildman–Crippen MR) is 189 cm³/mol. The summed E-state index contributed by atoms with van der Waals surface area (Å²) in [5.41, 5.74) is 11.6. The first kappa shape index (κ1) is 25.8. The normalized spacial score (nSPS) is 13.2. The Morgan fingerprint density at radius 3 is 2.27 bits per heavy atom. The van der Waals surface area contributed by atoms with Crippen molar-refractivity contribution < 1.29 is 0 Å². The third kappa shape index (κ3) is 3.49. The molecule has 1 aliphatic rings. The molecule has 0 unspecified atom stereocenters. The molecule has 8 aromatic rings. The Balaban J connectivity index is 1.29. The van der Waals surface area contributed by atoms with E-state index in [0.29, 0.717) is 11.4 Å². The number of para-hydroxylation sites is 1. The van der Waals surface area contributed by atoms with Crippen molar-refractivity contribution in [1.29, 1.82) is 0 Å². The zero-order chi connectivity index (χ0) is 30.4. The van der Waals surface area contributed by atoms with Crippen molar-refractivity contribution in [3.8, 4) is 27.9 Å². The summed E-state index contributed by atoms with van der Waals surface area (Å²) in [6.07, 6.45) is 0. The molecule has 0 fully saturated rings. The van der Waals surface area contributed by atoms with Crippen molar-refractivity contribution in [3.05, 3.63) is 149 Å². The maximum atomic E-state index is 8.14. The van der Waals surface area contributed by atoms with Crippen LogP contribution < -0.4 is 0 Å². The molecule has 1 aliphatic carbocycles. The van der Waals surface area contributed by atoms with Gasteiger partial charge >= 0.3 is 0 Å². The molecular weight excluding hydrogens is 567 g/mol. The molecule has 4 heteroatoms. The van der Waals surface area contributed by atoms with Crippen LogP contribution in [0.15, 0.2) is 115 Å². The summed E-state index contributed by atoms with van der Waals surface area (Å²) in [6.45, 7) is 20.4. The molecule has 3 nitrogen and oxygen atoms in total. The minimum absolute atomic E-state index is 0.0389. The molecular formula is C41H25N3S. The third-order valence-electron chi connectivity index (χ3n) is 9.63. The topological polar surface area (TPSA) is 13.6 Å². The molecule has 9 rings (SSSR count). The third-order valence-corrected chi connectivity index (χ3v) is 10.7. The number of aromatic nitrogens is 1. The fourth-order valence-corrected chi connectivity index (χ4v) is 8.69. The lowest BCUT2D eigenvalue weighted by molar-refractivity contribution is 0.661. The Morgan fingerprint density at radius 1 is 0.600 bits per heavy atom. The van der Waals surface area contributed by atoms with Crippen LogP contribution in [-0.4, -0.2) is 4.57 Å². The molecule has 45 heavy (non-hydrogen) atoms.